The van der Waals surface area contributed by atoms with Crippen LogP contribution >= 0.6 is 11.3 Å². The molecule has 2 rings (SSSR count). The molecule has 0 radical (unpaired) electrons. The highest BCUT2D eigenvalue weighted by Crippen LogP contribution is 2.31. The standard InChI is InChI=1S/C15H23NO2S/c1-11-12(9-13(19-11)14(17)18)10-16-7-4-5-15(2,3)6-8-16/h9H,4-8,10H2,1-3H3,(H,17,18). The van der Waals surface area contributed by atoms with Gasteiger partial charge >= 0.3 is 5.97 Å². The molecular formula is C15H23NO2S. The number of hydrogen-bond donors (Lipinski definition) is 1. The molecule has 0 spiro atoms. The fourth-order valence-corrected chi connectivity index (χ4v) is 3.53. The van der Waals surface area contributed by atoms with Crippen molar-refractivity contribution in [3.05, 3.63) is 21.4 Å². The first kappa shape index (κ1) is 14.5. The first-order valence-corrected chi connectivity index (χ1v) is 7.74. The third kappa shape index (κ3) is 3.80. The molecule has 0 saturated carbocycles. The van der Waals surface area contributed by atoms with Crippen molar-refractivity contribution in [3.63, 3.8) is 0 Å². The van der Waals surface area contributed by atoms with E-state index in [-0.39, 0.29) is 0 Å². The highest BCUT2D eigenvalue weighted by Gasteiger charge is 2.23. The van der Waals surface area contributed by atoms with Crippen molar-refractivity contribution in [1.82, 2.24) is 4.90 Å². The summed E-state index contributed by atoms with van der Waals surface area (Å²) in [5, 5.41) is 9.04. The number of carbonyl (C=O) groups is 1. The molecule has 1 saturated heterocycles. The zero-order chi connectivity index (χ0) is 14.0. The van der Waals surface area contributed by atoms with Gasteiger partial charge in [0.2, 0.25) is 0 Å². The quantitative estimate of drug-likeness (QED) is 0.917. The smallest absolute Gasteiger partial charge is 0.345 e. The lowest BCUT2D eigenvalue weighted by Crippen LogP contribution is -2.25. The van der Waals surface area contributed by atoms with E-state index in [1.54, 1.807) is 0 Å². The molecule has 106 valence electrons. The van der Waals surface area contributed by atoms with Crippen LogP contribution in [0.4, 0.5) is 0 Å². The fourth-order valence-electron chi connectivity index (χ4n) is 2.66. The van der Waals surface area contributed by atoms with Gasteiger partial charge in [-0.05, 0) is 56.3 Å². The molecular weight excluding hydrogens is 258 g/mol. The molecule has 0 amide bonds. The largest absolute Gasteiger partial charge is 0.477 e. The normalized spacial score (nSPS) is 20.2. The summed E-state index contributed by atoms with van der Waals surface area (Å²) in [5.41, 5.74) is 1.63. The maximum atomic E-state index is 11.0. The Morgan fingerprint density at radius 3 is 2.79 bits per heavy atom. The number of nitrogens with zero attached hydrogens (tertiary/aromatic N) is 1. The lowest BCUT2D eigenvalue weighted by molar-refractivity contribution is 0.0702. The summed E-state index contributed by atoms with van der Waals surface area (Å²) in [6.45, 7) is 9.84. The van der Waals surface area contributed by atoms with Crippen molar-refractivity contribution in [1.29, 1.82) is 0 Å². The van der Waals surface area contributed by atoms with Crippen molar-refractivity contribution in [2.45, 2.75) is 46.6 Å². The van der Waals surface area contributed by atoms with Crippen molar-refractivity contribution in [2.75, 3.05) is 13.1 Å². The molecule has 1 aromatic heterocycles. The molecule has 1 fully saturated rings. The Labute approximate surface area is 119 Å². The molecule has 1 aliphatic rings. The zero-order valence-corrected chi connectivity index (χ0v) is 12.8. The molecule has 19 heavy (non-hydrogen) atoms. The van der Waals surface area contributed by atoms with Gasteiger partial charge in [0.25, 0.3) is 0 Å². The molecule has 0 atom stereocenters. The summed E-state index contributed by atoms with van der Waals surface area (Å²) in [6, 6.07) is 1.85. The molecule has 4 heteroatoms. The van der Waals surface area contributed by atoms with Gasteiger partial charge in [0, 0.05) is 11.4 Å². The van der Waals surface area contributed by atoms with Gasteiger partial charge in [-0.2, -0.15) is 0 Å². The van der Waals surface area contributed by atoms with E-state index in [9.17, 15) is 4.79 Å². The minimum Gasteiger partial charge on any atom is -0.477 e. The molecule has 0 unspecified atom stereocenters. The summed E-state index contributed by atoms with van der Waals surface area (Å²) in [4.78, 5) is 15.1. The van der Waals surface area contributed by atoms with E-state index in [0.717, 1.165) is 24.5 Å². The highest BCUT2D eigenvalue weighted by atomic mass is 32.1. The van der Waals surface area contributed by atoms with Crippen molar-refractivity contribution in [3.8, 4) is 0 Å². The zero-order valence-electron chi connectivity index (χ0n) is 12.0. The Morgan fingerprint density at radius 1 is 1.42 bits per heavy atom. The Balaban J connectivity index is 2.03. The highest BCUT2D eigenvalue weighted by molar-refractivity contribution is 7.14. The molecule has 1 N–H and O–H groups in total. The monoisotopic (exact) mass is 281 g/mol. The van der Waals surface area contributed by atoms with E-state index < -0.39 is 5.97 Å². The van der Waals surface area contributed by atoms with Gasteiger partial charge in [0.05, 0.1) is 0 Å². The fraction of sp³-hybridized carbons (Fsp3) is 0.667. The van der Waals surface area contributed by atoms with Gasteiger partial charge in [-0.3, -0.25) is 4.90 Å². The number of carboxylic acid groups (broad SMARTS) is 1. The minimum atomic E-state index is -0.809. The van der Waals surface area contributed by atoms with Gasteiger partial charge in [0.15, 0.2) is 0 Å². The topological polar surface area (TPSA) is 40.5 Å². The van der Waals surface area contributed by atoms with Gasteiger partial charge in [-0.1, -0.05) is 13.8 Å². The van der Waals surface area contributed by atoms with Gasteiger partial charge in [0.1, 0.15) is 4.88 Å². The summed E-state index contributed by atoms with van der Waals surface area (Å²) in [6.07, 6.45) is 3.75. The van der Waals surface area contributed by atoms with Crippen LogP contribution in [0.5, 0.6) is 0 Å². The lowest BCUT2D eigenvalue weighted by atomic mass is 9.85. The number of hydrogen-bond acceptors (Lipinski definition) is 3. The average Bonchev–Trinajstić information content (AvgIpc) is 2.58. The van der Waals surface area contributed by atoms with E-state index in [1.165, 1.54) is 36.2 Å². The third-order valence-electron chi connectivity index (χ3n) is 4.06. The van der Waals surface area contributed by atoms with E-state index >= 15 is 0 Å². The maximum absolute atomic E-state index is 11.0. The predicted molar refractivity (Wildman–Crippen MR) is 78.9 cm³/mol. The SMILES string of the molecule is Cc1sc(C(=O)O)cc1CN1CCCC(C)(C)CC1. The van der Waals surface area contributed by atoms with Crippen LogP contribution in [-0.4, -0.2) is 29.1 Å². The Bertz CT molecular complexity index is 465. The number of carboxylic acids is 1. The van der Waals surface area contributed by atoms with Crippen LogP contribution in [0.2, 0.25) is 0 Å². The van der Waals surface area contributed by atoms with Crippen molar-refractivity contribution >= 4 is 17.3 Å². The first-order valence-electron chi connectivity index (χ1n) is 6.92. The predicted octanol–water partition coefficient (Wildman–Crippen LogP) is 3.77. The Hall–Kier alpha value is -0.870. The molecule has 3 nitrogen and oxygen atoms in total. The number of thiophene rings is 1. The van der Waals surface area contributed by atoms with E-state index in [2.05, 4.69) is 18.7 Å². The van der Waals surface area contributed by atoms with E-state index in [0.29, 0.717) is 10.3 Å². The van der Waals surface area contributed by atoms with Crippen LogP contribution in [0.1, 0.15) is 53.2 Å². The average molecular weight is 281 g/mol. The molecule has 0 aromatic carbocycles. The third-order valence-corrected chi connectivity index (χ3v) is 5.14. The number of likely N-dealkylation sites (tertiary alicyclic amines) is 1. The van der Waals surface area contributed by atoms with Crippen LogP contribution in [0.15, 0.2) is 6.07 Å². The summed E-state index contributed by atoms with van der Waals surface area (Å²) in [7, 11) is 0. The Morgan fingerprint density at radius 2 is 2.16 bits per heavy atom. The van der Waals surface area contributed by atoms with Gasteiger partial charge in [-0.15, -0.1) is 11.3 Å². The summed E-state index contributed by atoms with van der Waals surface area (Å²) >= 11 is 1.39. The van der Waals surface area contributed by atoms with E-state index in [4.69, 9.17) is 5.11 Å². The second-order valence-corrected chi connectivity index (χ2v) is 7.55. The lowest BCUT2D eigenvalue weighted by Gasteiger charge is -2.23. The van der Waals surface area contributed by atoms with Crippen LogP contribution in [0, 0.1) is 12.3 Å². The van der Waals surface area contributed by atoms with Crippen LogP contribution < -0.4 is 0 Å². The van der Waals surface area contributed by atoms with E-state index in [1.807, 2.05) is 13.0 Å². The molecule has 0 aliphatic carbocycles. The molecule has 0 bridgehead atoms. The number of aromatic carboxylic acids is 1. The number of rotatable bonds is 3. The van der Waals surface area contributed by atoms with Crippen LogP contribution in [-0.2, 0) is 6.54 Å². The summed E-state index contributed by atoms with van der Waals surface area (Å²) in [5.74, 6) is -0.809. The first-order chi connectivity index (χ1) is 8.87. The van der Waals surface area contributed by atoms with Gasteiger partial charge < -0.3 is 5.11 Å². The van der Waals surface area contributed by atoms with Crippen LogP contribution in [0.3, 0.4) is 0 Å². The van der Waals surface area contributed by atoms with Crippen LogP contribution in [0.25, 0.3) is 0 Å². The van der Waals surface area contributed by atoms with Gasteiger partial charge in [-0.25, -0.2) is 4.79 Å². The second-order valence-electron chi connectivity index (χ2n) is 6.29. The molecule has 2 heterocycles. The number of aryl methyl sites for hydroxylation is 1. The molecule has 1 aliphatic heterocycles. The second kappa shape index (κ2) is 5.63. The van der Waals surface area contributed by atoms with Crippen molar-refractivity contribution in [2.24, 2.45) is 5.41 Å². The Kier molecular flexibility index (Phi) is 4.31. The maximum Gasteiger partial charge on any atom is 0.345 e. The molecule has 1 aromatic rings. The van der Waals surface area contributed by atoms with Crippen molar-refractivity contribution < 1.29 is 9.90 Å². The summed E-state index contributed by atoms with van der Waals surface area (Å²) < 4.78 is 0. The minimum absolute atomic E-state index is 0.449.